The molecule has 112 valence electrons. The molecule has 1 aromatic carbocycles. The highest BCUT2D eigenvalue weighted by Gasteiger charge is 2.08. The number of carbonyl (C=O) groups excluding carboxylic acids is 1. The first-order valence-corrected chi connectivity index (χ1v) is 7.58. The molecule has 3 heteroatoms. The highest BCUT2D eigenvalue weighted by atomic mass is 19.1. The Balaban J connectivity index is 2.19. The molecule has 0 fully saturated rings. The van der Waals surface area contributed by atoms with Crippen LogP contribution in [0.5, 0.6) is 5.75 Å². The predicted octanol–water partition coefficient (Wildman–Crippen LogP) is 5.16. The molecule has 0 aliphatic rings. The third-order valence-electron chi connectivity index (χ3n) is 3.34. The predicted molar refractivity (Wildman–Crippen MR) is 79.9 cm³/mol. The molecule has 0 heterocycles. The molecule has 0 atom stereocenters. The normalized spacial score (nSPS) is 10.6. The van der Waals surface area contributed by atoms with Crippen molar-refractivity contribution in [3.63, 3.8) is 0 Å². The van der Waals surface area contributed by atoms with Crippen molar-refractivity contribution in [2.75, 3.05) is 6.61 Å². The first-order chi connectivity index (χ1) is 9.65. The second-order valence-electron chi connectivity index (χ2n) is 5.17. The summed E-state index contributed by atoms with van der Waals surface area (Å²) in [6.45, 7) is 4.18. The van der Waals surface area contributed by atoms with Gasteiger partial charge in [-0.15, -0.1) is 0 Å². The summed E-state index contributed by atoms with van der Waals surface area (Å²) in [5.74, 6) is -0.269. The number of benzene rings is 1. The van der Waals surface area contributed by atoms with E-state index in [1.54, 1.807) is 6.07 Å². The number of Topliss-reactive ketones (excluding diaryl/α,β-unsaturated/α-hetero) is 1. The molecule has 0 aliphatic heterocycles. The summed E-state index contributed by atoms with van der Waals surface area (Å²) in [5.41, 5.74) is 0.119. The van der Waals surface area contributed by atoms with Gasteiger partial charge in [0, 0.05) is 6.07 Å². The Bertz CT molecular complexity index is 415. The van der Waals surface area contributed by atoms with Crippen LogP contribution in [0.2, 0.25) is 0 Å². The standard InChI is InChI=1S/C17H25FO2/c1-3-4-5-6-7-8-9-12-20-15-10-11-16(14(2)19)17(18)13-15/h10-11,13H,3-9,12H2,1-2H3. The maximum absolute atomic E-state index is 13.5. The summed E-state index contributed by atoms with van der Waals surface area (Å²) in [7, 11) is 0. The van der Waals surface area contributed by atoms with Gasteiger partial charge in [-0.25, -0.2) is 4.39 Å². The van der Waals surface area contributed by atoms with Crippen LogP contribution in [0.25, 0.3) is 0 Å². The Hall–Kier alpha value is -1.38. The number of ketones is 1. The molecule has 0 N–H and O–H groups in total. The van der Waals surface area contributed by atoms with E-state index >= 15 is 0 Å². The second kappa shape index (κ2) is 9.51. The molecule has 0 spiro atoms. The number of ether oxygens (including phenoxy) is 1. The van der Waals surface area contributed by atoms with E-state index in [1.165, 1.54) is 51.2 Å². The van der Waals surface area contributed by atoms with Crippen LogP contribution in [-0.2, 0) is 0 Å². The van der Waals surface area contributed by atoms with Crippen molar-refractivity contribution >= 4 is 5.78 Å². The first-order valence-electron chi connectivity index (χ1n) is 7.58. The fourth-order valence-electron chi connectivity index (χ4n) is 2.12. The Morgan fingerprint density at radius 3 is 2.35 bits per heavy atom. The van der Waals surface area contributed by atoms with Gasteiger partial charge in [0.2, 0.25) is 0 Å². The van der Waals surface area contributed by atoms with Crippen LogP contribution in [0.4, 0.5) is 4.39 Å². The van der Waals surface area contributed by atoms with Gasteiger partial charge in [-0.2, -0.15) is 0 Å². The number of hydrogen-bond acceptors (Lipinski definition) is 2. The van der Waals surface area contributed by atoms with Crippen molar-refractivity contribution in [2.24, 2.45) is 0 Å². The van der Waals surface area contributed by atoms with Gasteiger partial charge in [-0.1, -0.05) is 45.4 Å². The van der Waals surface area contributed by atoms with Crippen LogP contribution >= 0.6 is 0 Å². The molecule has 0 radical (unpaired) electrons. The third kappa shape index (κ3) is 6.18. The van der Waals surface area contributed by atoms with E-state index in [1.807, 2.05) is 0 Å². The van der Waals surface area contributed by atoms with Gasteiger partial charge in [0.05, 0.1) is 12.2 Å². The Morgan fingerprint density at radius 2 is 1.75 bits per heavy atom. The van der Waals surface area contributed by atoms with E-state index in [0.717, 1.165) is 12.8 Å². The Kier molecular flexibility index (Phi) is 7.93. The number of unbranched alkanes of at least 4 members (excludes halogenated alkanes) is 6. The maximum atomic E-state index is 13.5. The summed E-state index contributed by atoms with van der Waals surface area (Å²) >= 11 is 0. The number of rotatable bonds is 10. The minimum atomic E-state index is -0.505. The van der Waals surface area contributed by atoms with Crippen LogP contribution in [0.1, 0.15) is 69.2 Å². The first kappa shape index (κ1) is 16.7. The van der Waals surface area contributed by atoms with Gasteiger partial charge < -0.3 is 4.74 Å². The highest BCUT2D eigenvalue weighted by molar-refractivity contribution is 5.94. The minimum Gasteiger partial charge on any atom is -0.493 e. The van der Waals surface area contributed by atoms with E-state index in [0.29, 0.717) is 12.4 Å². The maximum Gasteiger partial charge on any atom is 0.162 e. The van der Waals surface area contributed by atoms with Crippen LogP contribution in [0.15, 0.2) is 18.2 Å². The topological polar surface area (TPSA) is 26.3 Å². The molecular weight excluding hydrogens is 255 g/mol. The van der Waals surface area contributed by atoms with Gasteiger partial charge in [0.15, 0.2) is 5.78 Å². The molecule has 0 unspecified atom stereocenters. The van der Waals surface area contributed by atoms with Crippen molar-refractivity contribution in [1.29, 1.82) is 0 Å². The SMILES string of the molecule is CCCCCCCCCOc1ccc(C(C)=O)c(F)c1. The second-order valence-corrected chi connectivity index (χ2v) is 5.17. The highest BCUT2D eigenvalue weighted by Crippen LogP contribution is 2.17. The van der Waals surface area contributed by atoms with E-state index in [4.69, 9.17) is 4.74 Å². The lowest BCUT2D eigenvalue weighted by Gasteiger charge is -2.07. The van der Waals surface area contributed by atoms with Crippen LogP contribution in [0.3, 0.4) is 0 Å². The average molecular weight is 280 g/mol. The molecule has 0 saturated carbocycles. The zero-order valence-corrected chi connectivity index (χ0v) is 12.6. The lowest BCUT2D eigenvalue weighted by Crippen LogP contribution is -2.01. The molecule has 0 amide bonds. The Morgan fingerprint density at radius 1 is 1.10 bits per heavy atom. The average Bonchev–Trinajstić information content (AvgIpc) is 2.41. The minimum absolute atomic E-state index is 0.119. The molecular formula is C17H25FO2. The summed E-state index contributed by atoms with van der Waals surface area (Å²) in [5, 5.41) is 0. The van der Waals surface area contributed by atoms with E-state index < -0.39 is 5.82 Å². The summed E-state index contributed by atoms with van der Waals surface area (Å²) in [6, 6.07) is 4.43. The van der Waals surface area contributed by atoms with Crippen LogP contribution in [-0.4, -0.2) is 12.4 Å². The van der Waals surface area contributed by atoms with Gasteiger partial charge >= 0.3 is 0 Å². The fourth-order valence-corrected chi connectivity index (χ4v) is 2.12. The van der Waals surface area contributed by atoms with Crippen LogP contribution in [0, 0.1) is 5.82 Å². The van der Waals surface area contributed by atoms with Gasteiger partial charge in [0.1, 0.15) is 11.6 Å². The molecule has 0 aromatic heterocycles. The number of halogens is 1. The van der Waals surface area contributed by atoms with Crippen molar-refractivity contribution < 1.29 is 13.9 Å². The van der Waals surface area contributed by atoms with Crippen molar-refractivity contribution in [1.82, 2.24) is 0 Å². The summed E-state index contributed by atoms with van der Waals surface area (Å²) in [6.07, 6.45) is 8.56. The van der Waals surface area contributed by atoms with E-state index in [2.05, 4.69) is 6.92 Å². The van der Waals surface area contributed by atoms with E-state index in [-0.39, 0.29) is 11.3 Å². The van der Waals surface area contributed by atoms with Gasteiger partial charge in [-0.3, -0.25) is 4.79 Å². The molecule has 20 heavy (non-hydrogen) atoms. The quantitative estimate of drug-likeness (QED) is 0.437. The summed E-state index contributed by atoms with van der Waals surface area (Å²) in [4.78, 5) is 11.1. The molecule has 2 nitrogen and oxygen atoms in total. The lowest BCUT2D eigenvalue weighted by molar-refractivity contribution is 0.101. The monoisotopic (exact) mass is 280 g/mol. The van der Waals surface area contributed by atoms with Crippen LogP contribution < -0.4 is 4.74 Å². The Labute approximate surface area is 121 Å². The van der Waals surface area contributed by atoms with Crippen molar-refractivity contribution in [3.05, 3.63) is 29.6 Å². The zero-order valence-electron chi connectivity index (χ0n) is 12.6. The number of carbonyl (C=O) groups is 1. The molecule has 1 rings (SSSR count). The van der Waals surface area contributed by atoms with Gasteiger partial charge in [-0.05, 0) is 25.5 Å². The van der Waals surface area contributed by atoms with Gasteiger partial charge in [0.25, 0.3) is 0 Å². The molecule has 0 bridgehead atoms. The molecule has 1 aromatic rings. The third-order valence-corrected chi connectivity index (χ3v) is 3.34. The fraction of sp³-hybridized carbons (Fsp3) is 0.588. The molecule has 0 saturated heterocycles. The van der Waals surface area contributed by atoms with Crippen molar-refractivity contribution in [3.8, 4) is 5.75 Å². The lowest BCUT2D eigenvalue weighted by atomic mass is 10.1. The number of hydrogen-bond donors (Lipinski definition) is 0. The smallest absolute Gasteiger partial charge is 0.162 e. The summed E-state index contributed by atoms with van der Waals surface area (Å²) < 4.78 is 19.0. The van der Waals surface area contributed by atoms with E-state index in [9.17, 15) is 9.18 Å². The van der Waals surface area contributed by atoms with Crippen molar-refractivity contribution in [2.45, 2.75) is 58.8 Å². The largest absolute Gasteiger partial charge is 0.493 e. The molecule has 0 aliphatic carbocycles. The zero-order chi connectivity index (χ0) is 14.8.